The first-order chi connectivity index (χ1) is 15.1. The van der Waals surface area contributed by atoms with Crippen molar-refractivity contribution in [1.82, 2.24) is 19.7 Å². The Balaban J connectivity index is 1.31. The highest BCUT2D eigenvalue weighted by atomic mass is 32.1. The number of thiazole rings is 1. The van der Waals surface area contributed by atoms with Crippen LogP contribution in [0.1, 0.15) is 24.1 Å². The van der Waals surface area contributed by atoms with Crippen LogP contribution in [0.5, 0.6) is 0 Å². The summed E-state index contributed by atoms with van der Waals surface area (Å²) in [5.74, 6) is 0. The van der Waals surface area contributed by atoms with Gasteiger partial charge in [-0.3, -0.25) is 9.48 Å². The van der Waals surface area contributed by atoms with Crippen molar-refractivity contribution in [3.05, 3.63) is 76.2 Å². The molecule has 2 aromatic heterocycles. The molecule has 31 heavy (non-hydrogen) atoms. The van der Waals surface area contributed by atoms with Crippen molar-refractivity contribution in [2.24, 2.45) is 7.05 Å². The molecule has 3 heterocycles. The number of anilines is 1. The number of nitrogens with zero attached hydrogens (tertiary/aromatic N) is 4. The number of aromatic nitrogens is 3. The van der Waals surface area contributed by atoms with Crippen LogP contribution >= 0.6 is 11.3 Å². The first-order valence-electron chi connectivity index (χ1n) is 10.8. The smallest absolute Gasteiger partial charge is 0.276 e. The molecule has 0 spiro atoms. The van der Waals surface area contributed by atoms with E-state index >= 15 is 0 Å². The van der Waals surface area contributed by atoms with Crippen LogP contribution in [0.3, 0.4) is 0 Å². The number of hydrogen-bond acceptors (Lipinski definition) is 5. The second-order valence-electron chi connectivity index (χ2n) is 8.17. The maximum Gasteiger partial charge on any atom is 0.276 e. The van der Waals surface area contributed by atoms with Gasteiger partial charge in [0.15, 0.2) is 5.13 Å². The van der Waals surface area contributed by atoms with Crippen LogP contribution in [0, 0.1) is 6.92 Å². The van der Waals surface area contributed by atoms with E-state index in [2.05, 4.69) is 28.4 Å². The number of para-hydroxylation sites is 2. The van der Waals surface area contributed by atoms with Crippen molar-refractivity contribution >= 4 is 26.7 Å². The van der Waals surface area contributed by atoms with Crippen LogP contribution in [-0.4, -0.2) is 33.5 Å². The van der Waals surface area contributed by atoms with Gasteiger partial charge in [0, 0.05) is 38.4 Å². The zero-order valence-corrected chi connectivity index (χ0v) is 18.7. The highest BCUT2D eigenvalue weighted by Gasteiger charge is 2.23. The largest absolute Gasteiger partial charge is 0.347 e. The lowest BCUT2D eigenvalue weighted by molar-refractivity contribution is 0.420. The van der Waals surface area contributed by atoms with Gasteiger partial charge in [0.05, 0.1) is 21.5 Å². The Morgan fingerprint density at radius 1 is 1.13 bits per heavy atom. The summed E-state index contributed by atoms with van der Waals surface area (Å²) in [5, 5.41) is 4.75. The van der Waals surface area contributed by atoms with Gasteiger partial charge in [-0.1, -0.05) is 41.7 Å². The molecule has 1 aliphatic rings. The summed E-state index contributed by atoms with van der Waals surface area (Å²) in [5.41, 5.74) is 3.85. The summed E-state index contributed by atoms with van der Waals surface area (Å²) >= 11 is 1.76. The minimum absolute atomic E-state index is 0.0533. The van der Waals surface area contributed by atoms with E-state index in [0.717, 1.165) is 53.5 Å². The third-order valence-corrected chi connectivity index (χ3v) is 7.31. The Hall–Kier alpha value is -2.90. The highest BCUT2D eigenvalue weighted by molar-refractivity contribution is 7.22. The Kier molecular flexibility index (Phi) is 5.38. The summed E-state index contributed by atoms with van der Waals surface area (Å²) in [4.78, 5) is 20.4. The molecule has 1 saturated heterocycles. The number of benzene rings is 2. The number of rotatable bonds is 5. The van der Waals surface area contributed by atoms with E-state index in [1.165, 1.54) is 4.70 Å². The maximum absolute atomic E-state index is 13.2. The molecule has 160 valence electrons. The van der Waals surface area contributed by atoms with E-state index in [-0.39, 0.29) is 5.56 Å². The van der Waals surface area contributed by atoms with Gasteiger partial charge in [-0.25, -0.2) is 9.67 Å². The minimum atomic E-state index is 0.0533. The van der Waals surface area contributed by atoms with Gasteiger partial charge in [-0.05, 0) is 44.0 Å². The molecule has 7 heteroatoms. The van der Waals surface area contributed by atoms with Gasteiger partial charge >= 0.3 is 0 Å². The van der Waals surface area contributed by atoms with E-state index < -0.39 is 0 Å². The van der Waals surface area contributed by atoms with Crippen molar-refractivity contribution in [3.8, 4) is 5.69 Å². The molecule has 4 aromatic rings. The maximum atomic E-state index is 13.2. The first kappa shape index (κ1) is 20.0. The SMILES string of the molecule is Cc1c(CN[C@H]2CCCN(c3nc4ccccc4s3)C2)c(=O)n(-c2ccccc2)n1C. The lowest BCUT2D eigenvalue weighted by atomic mass is 10.1. The number of nitrogens with one attached hydrogen (secondary N) is 1. The Bertz CT molecular complexity index is 1220. The lowest BCUT2D eigenvalue weighted by Gasteiger charge is -2.33. The van der Waals surface area contributed by atoms with Crippen molar-refractivity contribution in [3.63, 3.8) is 0 Å². The fourth-order valence-electron chi connectivity index (χ4n) is 4.39. The molecule has 0 aliphatic carbocycles. The van der Waals surface area contributed by atoms with Gasteiger partial charge < -0.3 is 10.2 Å². The molecule has 0 saturated carbocycles. The predicted octanol–water partition coefficient (Wildman–Crippen LogP) is 3.85. The van der Waals surface area contributed by atoms with E-state index in [0.29, 0.717) is 12.6 Å². The average Bonchev–Trinajstić information content (AvgIpc) is 3.32. The lowest BCUT2D eigenvalue weighted by Crippen LogP contribution is -2.46. The number of hydrogen-bond donors (Lipinski definition) is 1. The van der Waals surface area contributed by atoms with Gasteiger partial charge in [0.25, 0.3) is 5.56 Å². The van der Waals surface area contributed by atoms with Crippen molar-refractivity contribution in [2.75, 3.05) is 18.0 Å². The first-order valence-corrected chi connectivity index (χ1v) is 11.6. The second kappa shape index (κ2) is 8.32. The van der Waals surface area contributed by atoms with E-state index in [4.69, 9.17) is 4.98 Å². The molecule has 0 unspecified atom stereocenters. The van der Waals surface area contributed by atoms with Gasteiger partial charge in [-0.2, -0.15) is 0 Å². The van der Waals surface area contributed by atoms with Crippen LogP contribution < -0.4 is 15.8 Å². The predicted molar refractivity (Wildman–Crippen MR) is 127 cm³/mol. The van der Waals surface area contributed by atoms with Crippen LogP contribution in [-0.2, 0) is 13.6 Å². The van der Waals surface area contributed by atoms with Crippen LogP contribution in [0.2, 0.25) is 0 Å². The summed E-state index contributed by atoms with van der Waals surface area (Å²) in [7, 11) is 1.95. The topological polar surface area (TPSA) is 55.1 Å². The van der Waals surface area contributed by atoms with Crippen LogP contribution in [0.25, 0.3) is 15.9 Å². The third-order valence-electron chi connectivity index (χ3n) is 6.22. The van der Waals surface area contributed by atoms with E-state index in [1.54, 1.807) is 16.0 Å². The Morgan fingerprint density at radius 2 is 1.90 bits per heavy atom. The monoisotopic (exact) mass is 433 g/mol. The molecule has 0 radical (unpaired) electrons. The van der Waals surface area contributed by atoms with Crippen molar-refractivity contribution in [1.29, 1.82) is 0 Å². The molecular weight excluding hydrogens is 406 g/mol. The summed E-state index contributed by atoms with van der Waals surface area (Å²) in [6, 6.07) is 18.5. The fourth-order valence-corrected chi connectivity index (χ4v) is 5.39. The van der Waals surface area contributed by atoms with Gasteiger partial charge in [0.1, 0.15) is 0 Å². The summed E-state index contributed by atoms with van der Waals surface area (Å²) < 4.78 is 4.93. The summed E-state index contributed by atoms with van der Waals surface area (Å²) in [6.07, 6.45) is 2.23. The third kappa shape index (κ3) is 3.79. The summed E-state index contributed by atoms with van der Waals surface area (Å²) in [6.45, 7) is 4.55. The van der Waals surface area contributed by atoms with Gasteiger partial charge in [-0.15, -0.1) is 0 Å². The van der Waals surface area contributed by atoms with Gasteiger partial charge in [0.2, 0.25) is 0 Å². The quantitative estimate of drug-likeness (QED) is 0.519. The van der Waals surface area contributed by atoms with E-state index in [9.17, 15) is 4.79 Å². The Morgan fingerprint density at radius 3 is 2.71 bits per heavy atom. The molecule has 1 N–H and O–H groups in total. The van der Waals surface area contributed by atoms with Crippen molar-refractivity contribution in [2.45, 2.75) is 32.4 Å². The number of fused-ring (bicyclic) bond motifs is 1. The zero-order valence-electron chi connectivity index (χ0n) is 17.9. The van der Waals surface area contributed by atoms with Crippen molar-refractivity contribution < 1.29 is 0 Å². The molecule has 0 bridgehead atoms. The molecule has 1 fully saturated rings. The molecule has 5 rings (SSSR count). The molecule has 6 nitrogen and oxygen atoms in total. The molecule has 0 amide bonds. The molecule has 1 aliphatic heterocycles. The fraction of sp³-hybridized carbons (Fsp3) is 0.333. The Labute approximate surface area is 185 Å². The second-order valence-corrected chi connectivity index (χ2v) is 9.18. The highest BCUT2D eigenvalue weighted by Crippen LogP contribution is 2.30. The molecular formula is C24H27N5OS. The van der Waals surface area contributed by atoms with Crippen LogP contribution in [0.15, 0.2) is 59.4 Å². The zero-order chi connectivity index (χ0) is 21.4. The van der Waals surface area contributed by atoms with E-state index in [1.807, 2.05) is 55.1 Å². The normalized spacial score (nSPS) is 16.8. The van der Waals surface area contributed by atoms with Crippen LogP contribution in [0.4, 0.5) is 5.13 Å². The average molecular weight is 434 g/mol. The molecule has 1 atom stereocenters. The minimum Gasteiger partial charge on any atom is -0.347 e. The molecule has 2 aromatic carbocycles. The standard InChI is InChI=1S/C24H27N5OS/c1-17-20(23(30)29(27(17)2)19-10-4-3-5-11-19)15-25-18-9-8-14-28(16-18)24-26-21-12-6-7-13-22(21)31-24/h3-7,10-13,18,25H,8-9,14-16H2,1-2H3/t18-/m0/s1. The number of piperidine rings is 1.